The van der Waals surface area contributed by atoms with Gasteiger partial charge in [-0.3, -0.25) is 4.90 Å². The van der Waals surface area contributed by atoms with Crippen molar-refractivity contribution in [3.63, 3.8) is 0 Å². The topological polar surface area (TPSA) is 63.1 Å². The number of amides is 2. The van der Waals surface area contributed by atoms with E-state index >= 15 is 0 Å². The summed E-state index contributed by atoms with van der Waals surface area (Å²) in [4.78, 5) is 23.0. The lowest BCUT2D eigenvalue weighted by Gasteiger charge is -2.32. The molecule has 0 saturated carbocycles. The van der Waals surface area contributed by atoms with E-state index in [2.05, 4.69) is 20.8 Å². The molecule has 2 aliphatic heterocycles. The molecular formula is C31H43N5O2. The highest BCUT2D eigenvalue weighted by Crippen LogP contribution is 2.19. The number of carbonyl (C=O) groups is 1. The van der Waals surface area contributed by atoms with Crippen LogP contribution in [0.1, 0.15) is 50.5 Å². The van der Waals surface area contributed by atoms with Crippen LogP contribution in [0.5, 0.6) is 5.75 Å². The predicted octanol–water partition coefficient (Wildman–Crippen LogP) is 5.23. The number of benzene rings is 2. The molecule has 38 heavy (non-hydrogen) atoms. The van der Waals surface area contributed by atoms with Gasteiger partial charge in [0.05, 0.1) is 18.2 Å². The molecule has 0 radical (unpaired) electrons. The van der Waals surface area contributed by atoms with Crippen molar-refractivity contribution in [1.29, 1.82) is 5.26 Å². The average molecular weight is 518 g/mol. The van der Waals surface area contributed by atoms with Crippen molar-refractivity contribution in [2.75, 3.05) is 70.4 Å². The standard InChI is InChI=1S/C31H43N5O2/c32-27-28-13-15-29(16-14-28)36(25-10-26-38-30-11-2-1-3-12-30)31(37)35(23-8-21-33-17-4-5-18-33)24-9-22-34-19-6-7-20-34/h1-3,11-16H,4-10,17-26H2. The van der Waals surface area contributed by atoms with Gasteiger partial charge in [-0.15, -0.1) is 0 Å². The summed E-state index contributed by atoms with van der Waals surface area (Å²) in [7, 11) is 0. The minimum atomic E-state index is 0.0530. The minimum Gasteiger partial charge on any atom is -0.494 e. The van der Waals surface area contributed by atoms with Gasteiger partial charge in [-0.25, -0.2) is 4.79 Å². The van der Waals surface area contributed by atoms with Gasteiger partial charge in [0.2, 0.25) is 0 Å². The van der Waals surface area contributed by atoms with Crippen molar-refractivity contribution in [1.82, 2.24) is 14.7 Å². The number of carbonyl (C=O) groups excluding carboxylic acids is 1. The molecule has 2 aliphatic rings. The fraction of sp³-hybridized carbons (Fsp3) is 0.548. The Morgan fingerprint density at radius 2 is 1.37 bits per heavy atom. The number of likely N-dealkylation sites (tertiary alicyclic amines) is 2. The fourth-order valence-corrected chi connectivity index (χ4v) is 5.44. The third-order valence-electron chi connectivity index (χ3n) is 7.55. The maximum Gasteiger partial charge on any atom is 0.324 e. The average Bonchev–Trinajstić information content (AvgIpc) is 3.67. The molecule has 2 heterocycles. The van der Waals surface area contributed by atoms with Gasteiger partial charge in [0.15, 0.2) is 0 Å². The molecule has 4 rings (SSSR count). The van der Waals surface area contributed by atoms with Gasteiger partial charge in [0.1, 0.15) is 5.75 Å². The molecule has 2 amide bonds. The molecule has 0 aliphatic carbocycles. The Morgan fingerprint density at radius 3 is 1.92 bits per heavy atom. The van der Waals surface area contributed by atoms with Crippen LogP contribution in [0.3, 0.4) is 0 Å². The van der Waals surface area contributed by atoms with E-state index in [0.29, 0.717) is 18.7 Å². The van der Waals surface area contributed by atoms with Crippen LogP contribution in [0.2, 0.25) is 0 Å². The minimum absolute atomic E-state index is 0.0530. The van der Waals surface area contributed by atoms with E-state index in [1.165, 1.54) is 51.9 Å². The molecule has 0 atom stereocenters. The number of anilines is 1. The van der Waals surface area contributed by atoms with Crippen LogP contribution < -0.4 is 9.64 Å². The van der Waals surface area contributed by atoms with Gasteiger partial charge in [-0.2, -0.15) is 5.26 Å². The Labute approximate surface area is 228 Å². The monoisotopic (exact) mass is 517 g/mol. The first-order chi connectivity index (χ1) is 18.7. The third-order valence-corrected chi connectivity index (χ3v) is 7.55. The van der Waals surface area contributed by atoms with Crippen molar-refractivity contribution in [2.45, 2.75) is 44.9 Å². The molecule has 0 spiro atoms. The Hall–Kier alpha value is -3.08. The zero-order chi connectivity index (χ0) is 26.4. The highest BCUT2D eigenvalue weighted by molar-refractivity contribution is 5.92. The molecule has 0 aromatic heterocycles. The second-order valence-corrected chi connectivity index (χ2v) is 10.4. The van der Waals surface area contributed by atoms with Crippen molar-refractivity contribution in [3.05, 3.63) is 60.2 Å². The molecule has 0 bridgehead atoms. The predicted molar refractivity (Wildman–Crippen MR) is 153 cm³/mol. The Bertz CT molecular complexity index is 973. The number of rotatable bonds is 14. The summed E-state index contributed by atoms with van der Waals surface area (Å²) in [6.07, 6.45) is 7.86. The molecule has 2 aromatic carbocycles. The first-order valence-corrected chi connectivity index (χ1v) is 14.4. The van der Waals surface area contributed by atoms with Crippen LogP contribution in [0, 0.1) is 11.3 Å². The highest BCUT2D eigenvalue weighted by atomic mass is 16.5. The molecule has 2 saturated heterocycles. The normalized spacial score (nSPS) is 15.9. The van der Waals surface area contributed by atoms with E-state index in [9.17, 15) is 10.1 Å². The largest absolute Gasteiger partial charge is 0.494 e. The zero-order valence-electron chi connectivity index (χ0n) is 22.8. The second-order valence-electron chi connectivity index (χ2n) is 10.4. The maximum absolute atomic E-state index is 14.0. The maximum atomic E-state index is 14.0. The van der Waals surface area contributed by atoms with E-state index < -0.39 is 0 Å². The van der Waals surface area contributed by atoms with E-state index in [0.717, 1.165) is 56.9 Å². The Kier molecular flexibility index (Phi) is 11.3. The molecule has 7 nitrogen and oxygen atoms in total. The summed E-state index contributed by atoms with van der Waals surface area (Å²) in [5, 5.41) is 9.26. The number of ether oxygens (including phenoxy) is 1. The number of hydrogen-bond donors (Lipinski definition) is 0. The first-order valence-electron chi connectivity index (χ1n) is 14.4. The van der Waals surface area contributed by atoms with E-state index in [-0.39, 0.29) is 6.03 Å². The summed E-state index contributed by atoms with van der Waals surface area (Å²) < 4.78 is 5.91. The number of nitrogens with zero attached hydrogens (tertiary/aromatic N) is 5. The summed E-state index contributed by atoms with van der Waals surface area (Å²) in [6.45, 7) is 9.47. The SMILES string of the molecule is N#Cc1ccc(N(CCCOc2ccccc2)C(=O)N(CCCN2CCCC2)CCCN2CCCC2)cc1. The van der Waals surface area contributed by atoms with Crippen molar-refractivity contribution < 1.29 is 9.53 Å². The van der Waals surface area contributed by atoms with Crippen LogP contribution in [0.4, 0.5) is 10.5 Å². The molecule has 0 unspecified atom stereocenters. The lowest BCUT2D eigenvalue weighted by Crippen LogP contribution is -2.46. The van der Waals surface area contributed by atoms with Crippen LogP contribution in [-0.2, 0) is 0 Å². The lowest BCUT2D eigenvalue weighted by molar-refractivity contribution is 0.194. The van der Waals surface area contributed by atoms with Gasteiger partial charge in [0.25, 0.3) is 0 Å². The van der Waals surface area contributed by atoms with Crippen LogP contribution in [0.25, 0.3) is 0 Å². The van der Waals surface area contributed by atoms with Gasteiger partial charge < -0.3 is 19.4 Å². The molecule has 2 fully saturated rings. The molecule has 7 heteroatoms. The lowest BCUT2D eigenvalue weighted by atomic mass is 10.2. The molecule has 2 aromatic rings. The summed E-state index contributed by atoms with van der Waals surface area (Å²) in [6, 6.07) is 19.4. The van der Waals surface area contributed by atoms with Gasteiger partial charge >= 0.3 is 6.03 Å². The smallest absolute Gasteiger partial charge is 0.324 e. The van der Waals surface area contributed by atoms with E-state index in [1.54, 1.807) is 12.1 Å². The number of hydrogen-bond acceptors (Lipinski definition) is 5. The summed E-state index contributed by atoms with van der Waals surface area (Å²) >= 11 is 0. The van der Waals surface area contributed by atoms with Gasteiger partial charge in [-0.1, -0.05) is 18.2 Å². The number of para-hydroxylation sites is 1. The molecular weight excluding hydrogens is 474 g/mol. The fourth-order valence-electron chi connectivity index (χ4n) is 5.44. The van der Waals surface area contributed by atoms with Gasteiger partial charge in [0, 0.05) is 25.3 Å². The van der Waals surface area contributed by atoms with Crippen molar-refractivity contribution >= 4 is 11.7 Å². The van der Waals surface area contributed by atoms with Crippen LogP contribution >= 0.6 is 0 Å². The quantitative estimate of drug-likeness (QED) is 0.321. The first kappa shape index (κ1) is 27.9. The third kappa shape index (κ3) is 8.75. The van der Waals surface area contributed by atoms with Crippen molar-refractivity contribution in [3.8, 4) is 11.8 Å². The Balaban J connectivity index is 1.40. The summed E-state index contributed by atoms with van der Waals surface area (Å²) in [5.74, 6) is 0.842. The highest BCUT2D eigenvalue weighted by Gasteiger charge is 2.23. The summed E-state index contributed by atoms with van der Waals surface area (Å²) in [5.41, 5.74) is 1.43. The zero-order valence-corrected chi connectivity index (χ0v) is 22.8. The van der Waals surface area contributed by atoms with E-state index in [1.807, 2.05) is 47.4 Å². The molecule has 204 valence electrons. The second kappa shape index (κ2) is 15.4. The Morgan fingerprint density at radius 1 is 0.789 bits per heavy atom. The van der Waals surface area contributed by atoms with Crippen LogP contribution in [0.15, 0.2) is 54.6 Å². The van der Waals surface area contributed by atoms with Crippen molar-refractivity contribution in [2.24, 2.45) is 0 Å². The van der Waals surface area contributed by atoms with Gasteiger partial charge in [-0.05, 0) is 121 Å². The molecule has 0 N–H and O–H groups in total. The number of urea groups is 1. The number of nitriles is 1. The van der Waals surface area contributed by atoms with Crippen LogP contribution in [-0.4, -0.2) is 86.2 Å². The van der Waals surface area contributed by atoms with E-state index in [4.69, 9.17) is 4.74 Å².